The third-order valence-electron chi connectivity index (χ3n) is 7.13. The van der Waals surface area contributed by atoms with Crippen molar-refractivity contribution in [2.75, 3.05) is 21.2 Å². The molecule has 2 aromatic carbocycles. The van der Waals surface area contributed by atoms with E-state index in [0.29, 0.717) is 0 Å². The van der Waals surface area contributed by atoms with Gasteiger partial charge in [-0.1, -0.05) is 79.8 Å². The molecule has 0 aliphatic rings. The minimum absolute atomic E-state index is 0.844. The lowest BCUT2D eigenvalue weighted by molar-refractivity contribution is 0.942. The number of imidazole rings is 2. The lowest BCUT2D eigenvalue weighted by Crippen LogP contribution is -2.18. The molecule has 0 atom stereocenters. The molecule has 0 radical (unpaired) electrons. The van der Waals surface area contributed by atoms with E-state index in [9.17, 15) is 0 Å². The maximum atomic E-state index is 4.59. The second-order valence-corrected chi connectivity index (χ2v) is 11.5. The molecule has 0 unspecified atom stereocenters. The van der Waals surface area contributed by atoms with Crippen LogP contribution in [0.4, 0.5) is 23.0 Å². The number of alkyl halides is 1. The van der Waals surface area contributed by atoms with Gasteiger partial charge in [0, 0.05) is 44.1 Å². The van der Waals surface area contributed by atoms with Gasteiger partial charge in [0.2, 0.25) is 0 Å². The predicted octanol–water partition coefficient (Wildman–Crippen LogP) is 8.40. The first kappa shape index (κ1) is 31.9. The van der Waals surface area contributed by atoms with Gasteiger partial charge in [-0.2, -0.15) is 0 Å². The maximum Gasteiger partial charge on any atom is 0.135 e. The summed E-state index contributed by atoms with van der Waals surface area (Å²) >= 11 is 2.29. The first-order valence-electron chi connectivity index (χ1n) is 14.7. The van der Waals surface area contributed by atoms with Crippen molar-refractivity contribution in [3.63, 3.8) is 0 Å². The Bertz CT molecular complexity index is 1760. The van der Waals surface area contributed by atoms with E-state index in [-0.39, 0.29) is 0 Å². The fraction of sp³-hybridized carbons (Fsp3) is 0.294. The molecule has 1 N–H and O–H groups in total. The summed E-state index contributed by atoms with van der Waals surface area (Å²) in [6.07, 6.45) is 9.29. The highest BCUT2D eigenvalue weighted by Gasteiger charge is 2.13. The Balaban J connectivity index is 0.000000181. The van der Waals surface area contributed by atoms with E-state index in [4.69, 9.17) is 0 Å². The Morgan fingerprint density at radius 3 is 1.91 bits per heavy atom. The van der Waals surface area contributed by atoms with Gasteiger partial charge in [-0.15, -0.1) is 0 Å². The summed E-state index contributed by atoms with van der Waals surface area (Å²) in [5.74, 6) is 1.81. The average molecular weight is 689 g/mol. The summed E-state index contributed by atoms with van der Waals surface area (Å²) in [6, 6.07) is 20.9. The van der Waals surface area contributed by atoms with E-state index in [1.807, 2.05) is 47.9 Å². The highest BCUT2D eigenvalue weighted by atomic mass is 127. The number of benzene rings is 2. The fourth-order valence-corrected chi connectivity index (χ4v) is 4.88. The predicted molar refractivity (Wildman–Crippen MR) is 189 cm³/mol. The summed E-state index contributed by atoms with van der Waals surface area (Å²) in [5, 5.41) is 3.38. The van der Waals surface area contributed by atoms with Crippen LogP contribution < -0.4 is 10.2 Å². The fourth-order valence-electron chi connectivity index (χ4n) is 4.88. The van der Waals surface area contributed by atoms with Crippen LogP contribution in [-0.2, 0) is 26.9 Å². The number of pyridine rings is 2. The van der Waals surface area contributed by atoms with Crippen LogP contribution >= 0.6 is 22.6 Å². The number of para-hydroxylation sites is 2. The number of aryl methyl sites for hydroxylation is 4. The van der Waals surface area contributed by atoms with Crippen molar-refractivity contribution in [2.45, 2.75) is 40.5 Å². The van der Waals surface area contributed by atoms with Gasteiger partial charge >= 0.3 is 0 Å². The third-order valence-corrected chi connectivity index (χ3v) is 7.13. The number of nitrogens with one attached hydrogen (secondary N) is 1. The van der Waals surface area contributed by atoms with Gasteiger partial charge in [0.1, 0.15) is 22.7 Å². The van der Waals surface area contributed by atoms with Gasteiger partial charge in [-0.3, -0.25) is 0 Å². The van der Waals surface area contributed by atoms with Crippen LogP contribution in [-0.4, -0.2) is 40.0 Å². The topological polar surface area (TPSA) is 76.7 Å². The van der Waals surface area contributed by atoms with Crippen LogP contribution in [0, 0.1) is 0 Å². The summed E-state index contributed by atoms with van der Waals surface area (Å²) < 4.78 is 5.24. The molecular formula is C34H41IN8. The molecule has 0 saturated carbocycles. The highest BCUT2D eigenvalue weighted by molar-refractivity contribution is 14.1. The van der Waals surface area contributed by atoms with E-state index >= 15 is 0 Å². The summed E-state index contributed by atoms with van der Waals surface area (Å²) in [4.78, 5) is 19.9. The van der Waals surface area contributed by atoms with Gasteiger partial charge in [-0.05, 0) is 47.5 Å². The quantitative estimate of drug-likeness (QED) is 0.134. The smallest absolute Gasteiger partial charge is 0.135 e. The summed E-state index contributed by atoms with van der Waals surface area (Å²) in [6.45, 7) is 9.48. The zero-order valence-electron chi connectivity index (χ0n) is 25.9. The molecule has 8 nitrogen and oxygen atoms in total. The second kappa shape index (κ2) is 15.5. The number of anilines is 4. The van der Waals surface area contributed by atoms with E-state index in [1.54, 1.807) is 12.5 Å². The lowest BCUT2D eigenvalue weighted by Gasteiger charge is -2.24. The van der Waals surface area contributed by atoms with Crippen molar-refractivity contribution in [1.29, 1.82) is 0 Å². The molecular weight excluding hydrogens is 647 g/mol. The van der Waals surface area contributed by atoms with E-state index in [2.05, 4.69) is 129 Å². The molecule has 224 valence electrons. The van der Waals surface area contributed by atoms with Crippen LogP contribution in [0.2, 0.25) is 0 Å². The molecule has 0 spiro atoms. The molecule has 0 fully saturated rings. The Labute approximate surface area is 268 Å². The van der Waals surface area contributed by atoms with Gasteiger partial charge in [-0.25, -0.2) is 19.9 Å². The normalized spacial score (nSPS) is 10.6. The number of hydrogen-bond acceptors (Lipinski definition) is 6. The molecule has 43 heavy (non-hydrogen) atoms. The highest BCUT2D eigenvalue weighted by Crippen LogP contribution is 2.29. The molecule has 0 aliphatic carbocycles. The molecule has 6 rings (SSSR count). The molecule has 0 amide bonds. The van der Waals surface area contributed by atoms with E-state index < -0.39 is 0 Å². The number of nitrogens with zero attached hydrogens (tertiary/aromatic N) is 7. The zero-order chi connectivity index (χ0) is 30.8. The number of hydrogen-bond donors (Lipinski definition) is 1. The minimum atomic E-state index is 0.844. The third kappa shape index (κ3) is 7.70. The first-order chi connectivity index (χ1) is 20.9. The Kier molecular flexibility index (Phi) is 11.5. The van der Waals surface area contributed by atoms with Crippen LogP contribution in [0.5, 0.6) is 0 Å². The van der Waals surface area contributed by atoms with Crippen LogP contribution in [0.3, 0.4) is 0 Å². The zero-order valence-corrected chi connectivity index (χ0v) is 28.1. The minimum Gasteiger partial charge on any atom is -0.340 e. The van der Waals surface area contributed by atoms with Crippen molar-refractivity contribution in [1.82, 2.24) is 29.1 Å². The first-order valence-corrected chi connectivity index (χ1v) is 16.3. The lowest BCUT2D eigenvalue weighted by atomic mass is 10.1. The summed E-state index contributed by atoms with van der Waals surface area (Å²) in [7, 11) is 3.99. The second-order valence-electron chi connectivity index (χ2n) is 9.93. The van der Waals surface area contributed by atoms with Crippen molar-refractivity contribution in [3.05, 3.63) is 96.8 Å². The molecule has 9 heteroatoms. The van der Waals surface area contributed by atoms with Crippen LogP contribution in [0.15, 0.2) is 85.7 Å². The number of fused-ring (bicyclic) bond motifs is 2. The van der Waals surface area contributed by atoms with Gasteiger partial charge in [0.25, 0.3) is 0 Å². The summed E-state index contributed by atoms with van der Waals surface area (Å²) in [5.41, 5.74) is 8.99. The molecule has 0 saturated heterocycles. The number of halogens is 1. The molecule has 0 bridgehead atoms. The van der Waals surface area contributed by atoms with E-state index in [0.717, 1.165) is 58.8 Å². The molecule has 0 aliphatic heterocycles. The van der Waals surface area contributed by atoms with Crippen molar-refractivity contribution >= 4 is 67.7 Å². The molecule has 4 heterocycles. The SMILES string of the molecule is CCI.CCc1ccccc1N(CC)c1cc2c(cn1)ncn2C.CCc1ccccc1Nc1cc2c(cn1)ncn2C. The number of rotatable bonds is 7. The Morgan fingerprint density at radius 2 is 1.28 bits per heavy atom. The van der Waals surface area contributed by atoms with Crippen molar-refractivity contribution in [2.24, 2.45) is 14.1 Å². The average Bonchev–Trinajstić information content (AvgIpc) is 3.60. The van der Waals surface area contributed by atoms with Crippen LogP contribution in [0.1, 0.15) is 38.8 Å². The molecule has 4 aromatic heterocycles. The monoisotopic (exact) mass is 688 g/mol. The van der Waals surface area contributed by atoms with E-state index in [1.165, 1.54) is 21.2 Å². The standard InChI is InChI=1S/C17H20N4.C15H16N4.C2H5I/c1-4-13-8-6-7-9-15(13)21(5-2)17-10-16-14(11-18-17)19-12-20(16)3;1-3-11-6-4-5-7-12(11)18-15-8-14-13(9-16-15)17-10-19(14)2;1-2-3/h6-12H,4-5H2,1-3H3;4-10H,3H2,1-2H3,(H,16,18);2H2,1H3. The largest absolute Gasteiger partial charge is 0.340 e. The Morgan fingerprint density at radius 1 is 0.721 bits per heavy atom. The van der Waals surface area contributed by atoms with Crippen LogP contribution in [0.25, 0.3) is 22.1 Å². The van der Waals surface area contributed by atoms with Gasteiger partial charge in [0.05, 0.1) is 36.1 Å². The van der Waals surface area contributed by atoms with Crippen molar-refractivity contribution in [3.8, 4) is 0 Å². The van der Waals surface area contributed by atoms with Gasteiger partial charge in [0.15, 0.2) is 0 Å². The van der Waals surface area contributed by atoms with Gasteiger partial charge < -0.3 is 19.4 Å². The maximum absolute atomic E-state index is 4.59. The van der Waals surface area contributed by atoms with Crippen molar-refractivity contribution < 1.29 is 0 Å². The number of aromatic nitrogens is 6. The molecule has 6 aromatic rings. The Hall–Kier alpha value is -3.99.